The molecule has 1 N–H and O–H groups in total. The van der Waals surface area contributed by atoms with Crippen molar-refractivity contribution in [2.75, 3.05) is 0 Å². The number of rotatable bonds is 5. The maximum Gasteiger partial charge on any atom is 0.281 e. The summed E-state index contributed by atoms with van der Waals surface area (Å²) >= 11 is 7.12. The van der Waals surface area contributed by atoms with E-state index < -0.39 is 4.92 Å². The maximum atomic E-state index is 11.1. The molecule has 106 valence electrons. The lowest BCUT2D eigenvalue weighted by atomic mass is 10.2. The third kappa shape index (κ3) is 3.50. The van der Waals surface area contributed by atoms with Gasteiger partial charge < -0.3 is 5.32 Å². The van der Waals surface area contributed by atoms with Crippen LogP contribution in [-0.4, -0.2) is 21.2 Å². The quantitative estimate of drug-likeness (QED) is 0.677. The van der Waals surface area contributed by atoms with E-state index in [1.807, 2.05) is 13.8 Å². The molecule has 0 bridgehead atoms. The van der Waals surface area contributed by atoms with E-state index in [0.29, 0.717) is 28.2 Å². The summed E-state index contributed by atoms with van der Waals surface area (Å²) in [7, 11) is 0. The van der Waals surface area contributed by atoms with Gasteiger partial charge in [-0.2, -0.15) is 0 Å². The molecule has 0 aliphatic heterocycles. The predicted molar refractivity (Wildman–Crippen MR) is 79.0 cm³/mol. The van der Waals surface area contributed by atoms with Crippen molar-refractivity contribution in [2.45, 2.75) is 26.4 Å². The van der Waals surface area contributed by atoms with E-state index in [4.69, 9.17) is 11.6 Å². The largest absolute Gasteiger partial charge is 0.308 e. The first-order chi connectivity index (χ1) is 9.47. The smallest absolute Gasteiger partial charge is 0.281 e. The molecule has 0 saturated carbocycles. The van der Waals surface area contributed by atoms with Crippen molar-refractivity contribution in [3.05, 3.63) is 38.3 Å². The third-order valence-electron chi connectivity index (χ3n) is 2.52. The van der Waals surface area contributed by atoms with Crippen LogP contribution < -0.4 is 5.32 Å². The van der Waals surface area contributed by atoms with Crippen LogP contribution in [0, 0.1) is 10.1 Å². The molecule has 0 aliphatic rings. The van der Waals surface area contributed by atoms with Crippen molar-refractivity contribution in [1.29, 1.82) is 0 Å². The molecule has 0 radical (unpaired) electrons. The Balaban J connectivity index is 2.30. The Kier molecular flexibility index (Phi) is 4.64. The van der Waals surface area contributed by atoms with Crippen molar-refractivity contribution >= 4 is 28.6 Å². The van der Waals surface area contributed by atoms with Gasteiger partial charge in [-0.25, -0.2) is 0 Å². The Morgan fingerprint density at radius 1 is 1.45 bits per heavy atom. The zero-order valence-electron chi connectivity index (χ0n) is 11.0. The van der Waals surface area contributed by atoms with Crippen LogP contribution in [0.25, 0.3) is 10.6 Å². The standard InChI is InChI=1S/C12H13ClN4O2S/c1-7(2)14-6-11-15-16-12(20-11)9-4-3-8(13)5-10(9)17(18)19/h3-5,7,14H,6H2,1-2H3. The molecule has 0 spiro atoms. The lowest BCUT2D eigenvalue weighted by Gasteiger charge is -2.03. The van der Waals surface area contributed by atoms with Crippen LogP contribution in [0.2, 0.25) is 5.02 Å². The molecule has 6 nitrogen and oxygen atoms in total. The van der Waals surface area contributed by atoms with Crippen molar-refractivity contribution in [3.8, 4) is 10.6 Å². The Labute approximate surface area is 125 Å². The number of nitrogens with zero attached hydrogens (tertiary/aromatic N) is 3. The first kappa shape index (κ1) is 14.8. The van der Waals surface area contributed by atoms with Crippen molar-refractivity contribution < 1.29 is 4.92 Å². The molecular formula is C12H13ClN4O2S. The number of nitro benzene ring substituents is 1. The molecule has 2 aromatic rings. The highest BCUT2D eigenvalue weighted by Crippen LogP contribution is 2.33. The van der Waals surface area contributed by atoms with Crippen molar-refractivity contribution in [3.63, 3.8) is 0 Å². The van der Waals surface area contributed by atoms with Gasteiger partial charge in [0.2, 0.25) is 0 Å². The van der Waals surface area contributed by atoms with E-state index in [2.05, 4.69) is 15.5 Å². The summed E-state index contributed by atoms with van der Waals surface area (Å²) in [5.74, 6) is 0. The Morgan fingerprint density at radius 2 is 2.20 bits per heavy atom. The van der Waals surface area contributed by atoms with E-state index in [1.165, 1.54) is 17.4 Å². The number of hydrogen-bond acceptors (Lipinski definition) is 6. The Morgan fingerprint density at radius 3 is 2.85 bits per heavy atom. The fourth-order valence-electron chi connectivity index (χ4n) is 1.56. The minimum absolute atomic E-state index is 0.0583. The topological polar surface area (TPSA) is 81.0 Å². The lowest BCUT2D eigenvalue weighted by Crippen LogP contribution is -2.21. The molecule has 2 rings (SSSR count). The van der Waals surface area contributed by atoms with Crippen molar-refractivity contribution in [2.24, 2.45) is 0 Å². The summed E-state index contributed by atoms with van der Waals surface area (Å²) in [5, 5.41) is 24.0. The average Bonchev–Trinajstić information content (AvgIpc) is 2.84. The molecule has 0 atom stereocenters. The minimum atomic E-state index is -0.464. The third-order valence-corrected chi connectivity index (χ3v) is 3.71. The van der Waals surface area contributed by atoms with Gasteiger partial charge in [-0.05, 0) is 12.1 Å². The number of hydrogen-bond donors (Lipinski definition) is 1. The second-order valence-electron chi connectivity index (χ2n) is 4.46. The molecule has 0 saturated heterocycles. The number of aromatic nitrogens is 2. The van der Waals surface area contributed by atoms with Crippen LogP contribution in [0.4, 0.5) is 5.69 Å². The number of halogens is 1. The number of nitro groups is 1. The maximum absolute atomic E-state index is 11.1. The first-order valence-corrected chi connectivity index (χ1v) is 7.17. The second-order valence-corrected chi connectivity index (χ2v) is 5.95. The zero-order valence-corrected chi connectivity index (χ0v) is 12.5. The summed E-state index contributed by atoms with van der Waals surface area (Å²) in [5.41, 5.74) is 0.379. The van der Waals surface area contributed by atoms with Crippen LogP contribution in [-0.2, 0) is 6.54 Å². The van der Waals surface area contributed by atoms with E-state index in [1.54, 1.807) is 12.1 Å². The summed E-state index contributed by atoms with van der Waals surface area (Å²) in [4.78, 5) is 10.6. The highest BCUT2D eigenvalue weighted by Gasteiger charge is 2.19. The molecule has 20 heavy (non-hydrogen) atoms. The van der Waals surface area contributed by atoms with Gasteiger partial charge in [0.05, 0.1) is 10.5 Å². The lowest BCUT2D eigenvalue weighted by molar-refractivity contribution is -0.384. The van der Waals surface area contributed by atoms with Gasteiger partial charge in [0.25, 0.3) is 5.69 Å². The van der Waals surface area contributed by atoms with Gasteiger partial charge in [-0.15, -0.1) is 10.2 Å². The van der Waals surface area contributed by atoms with E-state index in [9.17, 15) is 10.1 Å². The SMILES string of the molecule is CC(C)NCc1nnc(-c2ccc(Cl)cc2[N+](=O)[O-])s1. The summed E-state index contributed by atoms with van der Waals surface area (Å²) in [6.07, 6.45) is 0. The first-order valence-electron chi connectivity index (χ1n) is 5.97. The molecule has 0 aliphatic carbocycles. The van der Waals surface area contributed by atoms with Gasteiger partial charge in [0, 0.05) is 23.7 Å². The van der Waals surface area contributed by atoms with E-state index in [0.717, 1.165) is 5.01 Å². The Hall–Kier alpha value is -1.57. The molecule has 0 amide bonds. The molecule has 1 aromatic carbocycles. The van der Waals surface area contributed by atoms with Crippen LogP contribution in [0.5, 0.6) is 0 Å². The van der Waals surface area contributed by atoms with E-state index >= 15 is 0 Å². The Bertz CT molecular complexity index is 630. The highest BCUT2D eigenvalue weighted by molar-refractivity contribution is 7.14. The molecule has 1 aromatic heterocycles. The van der Waals surface area contributed by atoms with Crippen molar-refractivity contribution in [1.82, 2.24) is 15.5 Å². The average molecular weight is 313 g/mol. The minimum Gasteiger partial charge on any atom is -0.308 e. The normalized spacial score (nSPS) is 11.0. The summed E-state index contributed by atoms with van der Waals surface area (Å²) < 4.78 is 0. The van der Waals surface area contributed by atoms with Gasteiger partial charge >= 0.3 is 0 Å². The predicted octanol–water partition coefficient (Wildman–Crippen LogP) is 3.26. The molecule has 0 fully saturated rings. The number of benzene rings is 1. The molecule has 0 unspecified atom stereocenters. The van der Waals surface area contributed by atoms with Crippen LogP contribution >= 0.6 is 22.9 Å². The zero-order chi connectivity index (χ0) is 14.7. The van der Waals surface area contributed by atoms with Gasteiger partial charge in [-0.3, -0.25) is 10.1 Å². The molecule has 8 heteroatoms. The van der Waals surface area contributed by atoms with Crippen LogP contribution in [0.1, 0.15) is 18.9 Å². The van der Waals surface area contributed by atoms with Gasteiger partial charge in [0.1, 0.15) is 5.01 Å². The van der Waals surface area contributed by atoms with Crippen LogP contribution in [0.15, 0.2) is 18.2 Å². The fraction of sp³-hybridized carbons (Fsp3) is 0.333. The molecular weight excluding hydrogens is 300 g/mol. The number of nitrogens with one attached hydrogen (secondary N) is 1. The fourth-order valence-corrected chi connectivity index (χ4v) is 2.55. The second kappa shape index (κ2) is 6.25. The van der Waals surface area contributed by atoms with E-state index in [-0.39, 0.29) is 5.69 Å². The summed E-state index contributed by atoms with van der Waals surface area (Å²) in [6, 6.07) is 4.87. The van der Waals surface area contributed by atoms with Crippen LogP contribution in [0.3, 0.4) is 0 Å². The highest BCUT2D eigenvalue weighted by atomic mass is 35.5. The molecule has 1 heterocycles. The van der Waals surface area contributed by atoms with Gasteiger partial charge in [-0.1, -0.05) is 36.8 Å². The van der Waals surface area contributed by atoms with Gasteiger partial charge in [0.15, 0.2) is 5.01 Å². The summed E-state index contributed by atoms with van der Waals surface area (Å²) in [6.45, 7) is 4.66. The monoisotopic (exact) mass is 312 g/mol.